The highest BCUT2D eigenvalue weighted by Crippen LogP contribution is 2.35. The molecule has 0 saturated carbocycles. The SMILES string of the molecule is N.NC(COP(=O)(O)O)C(=O)O. The van der Waals surface area contributed by atoms with Crippen molar-refractivity contribution in [1.29, 1.82) is 0 Å². The Kier molecular flexibility index (Phi) is 6.09. The summed E-state index contributed by atoms with van der Waals surface area (Å²) < 4.78 is 13.8. The Bertz CT molecular complexity index is 189. The van der Waals surface area contributed by atoms with Gasteiger partial charge in [0.1, 0.15) is 6.04 Å². The second-order valence-electron chi connectivity index (χ2n) is 1.73. The predicted octanol–water partition coefficient (Wildman–Crippen LogP) is -1.33. The van der Waals surface area contributed by atoms with Gasteiger partial charge in [0, 0.05) is 0 Å². The third kappa shape index (κ3) is 7.61. The van der Waals surface area contributed by atoms with Gasteiger partial charge in [-0.05, 0) is 0 Å². The molecule has 0 fully saturated rings. The molecular weight excluding hydrogens is 191 g/mol. The van der Waals surface area contributed by atoms with E-state index in [-0.39, 0.29) is 6.15 Å². The Labute approximate surface area is 68.2 Å². The van der Waals surface area contributed by atoms with Crippen LogP contribution in [0.2, 0.25) is 0 Å². The molecule has 0 rings (SSSR count). The van der Waals surface area contributed by atoms with Crippen molar-refractivity contribution >= 4 is 13.8 Å². The van der Waals surface area contributed by atoms with Gasteiger partial charge in [0.05, 0.1) is 6.61 Å². The summed E-state index contributed by atoms with van der Waals surface area (Å²) >= 11 is 0. The van der Waals surface area contributed by atoms with E-state index in [1.165, 1.54) is 0 Å². The van der Waals surface area contributed by atoms with Gasteiger partial charge in [-0.15, -0.1) is 0 Å². The molecule has 0 saturated heterocycles. The van der Waals surface area contributed by atoms with Crippen LogP contribution in [0.4, 0.5) is 0 Å². The summed E-state index contributed by atoms with van der Waals surface area (Å²) in [5.41, 5.74) is 4.86. The van der Waals surface area contributed by atoms with Crippen molar-refractivity contribution in [1.82, 2.24) is 6.15 Å². The molecule has 9 heteroatoms. The minimum atomic E-state index is -4.60. The molecule has 0 aromatic rings. The average Bonchev–Trinajstić information content (AvgIpc) is 1.80. The summed E-state index contributed by atoms with van der Waals surface area (Å²) in [6.07, 6.45) is 0. The lowest BCUT2D eigenvalue weighted by atomic mass is 10.3. The standard InChI is InChI=1S/C3H8NO6P.H3N/c4-2(3(5)6)1-10-11(7,8)9;/h2H,1,4H2,(H,5,6)(H2,7,8,9);1H3. The quantitative estimate of drug-likeness (QED) is 0.349. The molecule has 0 aliphatic carbocycles. The number of rotatable bonds is 4. The van der Waals surface area contributed by atoms with Crippen molar-refractivity contribution in [2.45, 2.75) is 6.04 Å². The highest BCUT2D eigenvalue weighted by atomic mass is 31.2. The highest BCUT2D eigenvalue weighted by Gasteiger charge is 2.19. The summed E-state index contributed by atoms with van der Waals surface area (Å²) in [4.78, 5) is 26.1. The minimum absolute atomic E-state index is 0. The van der Waals surface area contributed by atoms with Crippen molar-refractivity contribution in [3.05, 3.63) is 0 Å². The van der Waals surface area contributed by atoms with Crippen molar-refractivity contribution in [3.8, 4) is 0 Å². The lowest BCUT2D eigenvalue weighted by Gasteiger charge is -2.07. The number of carboxylic acid groups (broad SMARTS) is 1. The van der Waals surface area contributed by atoms with Crippen molar-refractivity contribution < 1.29 is 28.8 Å². The van der Waals surface area contributed by atoms with Gasteiger partial charge in [0.15, 0.2) is 0 Å². The maximum absolute atomic E-state index is 9.98. The average molecular weight is 202 g/mol. The summed E-state index contributed by atoms with van der Waals surface area (Å²) in [5, 5.41) is 8.12. The maximum atomic E-state index is 9.98. The molecule has 0 radical (unpaired) electrons. The van der Waals surface area contributed by atoms with Crippen LogP contribution in [0, 0.1) is 0 Å². The minimum Gasteiger partial charge on any atom is -0.480 e. The molecule has 0 spiro atoms. The van der Waals surface area contributed by atoms with E-state index in [1.807, 2.05) is 0 Å². The fraction of sp³-hybridized carbons (Fsp3) is 0.667. The van der Waals surface area contributed by atoms with Crippen LogP contribution in [0.15, 0.2) is 0 Å². The van der Waals surface area contributed by atoms with E-state index in [4.69, 9.17) is 20.6 Å². The number of phosphoric acid groups is 1. The maximum Gasteiger partial charge on any atom is 0.469 e. The van der Waals surface area contributed by atoms with Crippen LogP contribution >= 0.6 is 7.82 Å². The molecule has 0 amide bonds. The van der Waals surface area contributed by atoms with E-state index in [9.17, 15) is 9.36 Å². The van der Waals surface area contributed by atoms with Gasteiger partial charge < -0.3 is 26.8 Å². The zero-order valence-corrected chi connectivity index (χ0v) is 6.98. The number of aliphatic carboxylic acids is 1. The van der Waals surface area contributed by atoms with Gasteiger partial charge in [-0.3, -0.25) is 9.32 Å². The first kappa shape index (κ1) is 14.0. The first-order valence-electron chi connectivity index (χ1n) is 2.51. The largest absolute Gasteiger partial charge is 0.480 e. The Balaban J connectivity index is 0. The Morgan fingerprint density at radius 2 is 2.00 bits per heavy atom. The molecular formula is C3H11N2O6P. The molecule has 0 heterocycles. The molecule has 74 valence electrons. The fourth-order valence-electron chi connectivity index (χ4n) is 0.249. The van der Waals surface area contributed by atoms with Crippen LogP contribution in [0.25, 0.3) is 0 Å². The Hall–Kier alpha value is -0.500. The molecule has 0 aromatic heterocycles. The molecule has 1 unspecified atom stereocenters. The van der Waals surface area contributed by atoms with Crippen molar-refractivity contribution in [2.75, 3.05) is 6.61 Å². The number of phosphoric ester groups is 1. The van der Waals surface area contributed by atoms with E-state index >= 15 is 0 Å². The summed E-state index contributed by atoms with van der Waals surface area (Å²) in [6, 6.07) is -1.41. The molecule has 8 nitrogen and oxygen atoms in total. The fourth-order valence-corrected chi connectivity index (χ4v) is 0.603. The van der Waals surface area contributed by atoms with Crippen molar-refractivity contribution in [3.63, 3.8) is 0 Å². The molecule has 1 atom stereocenters. The third-order valence-electron chi connectivity index (χ3n) is 0.739. The van der Waals surface area contributed by atoms with E-state index in [1.54, 1.807) is 0 Å². The monoisotopic (exact) mass is 202 g/mol. The van der Waals surface area contributed by atoms with E-state index in [0.717, 1.165) is 0 Å². The van der Waals surface area contributed by atoms with Gasteiger partial charge >= 0.3 is 13.8 Å². The van der Waals surface area contributed by atoms with Crippen LogP contribution in [-0.2, 0) is 13.9 Å². The molecule has 12 heavy (non-hydrogen) atoms. The number of nitrogens with two attached hydrogens (primary N) is 1. The second kappa shape index (κ2) is 5.20. The second-order valence-corrected chi connectivity index (χ2v) is 2.97. The van der Waals surface area contributed by atoms with E-state index in [0.29, 0.717) is 0 Å². The van der Waals surface area contributed by atoms with Gasteiger partial charge in [0.25, 0.3) is 0 Å². The van der Waals surface area contributed by atoms with Crippen LogP contribution in [-0.4, -0.2) is 33.5 Å². The first-order chi connectivity index (χ1) is 4.83. The lowest BCUT2D eigenvalue weighted by molar-refractivity contribution is -0.139. The smallest absolute Gasteiger partial charge is 0.469 e. The third-order valence-corrected chi connectivity index (χ3v) is 1.22. The molecule has 8 N–H and O–H groups in total. The first-order valence-corrected chi connectivity index (χ1v) is 4.04. The van der Waals surface area contributed by atoms with Gasteiger partial charge in [0.2, 0.25) is 0 Å². The number of hydrogen-bond acceptors (Lipinski definition) is 5. The molecule has 0 aromatic carbocycles. The number of carbonyl (C=O) groups is 1. The zero-order valence-electron chi connectivity index (χ0n) is 6.08. The molecule has 0 bridgehead atoms. The topological polar surface area (TPSA) is 165 Å². The van der Waals surface area contributed by atoms with E-state index < -0.39 is 26.4 Å². The summed E-state index contributed by atoms with van der Waals surface area (Å²) in [5.74, 6) is -1.38. The Morgan fingerprint density at radius 1 is 1.58 bits per heavy atom. The molecule has 0 aliphatic heterocycles. The number of hydrogen-bond donors (Lipinski definition) is 5. The Morgan fingerprint density at radius 3 is 2.25 bits per heavy atom. The predicted molar refractivity (Wildman–Crippen MR) is 38.6 cm³/mol. The van der Waals surface area contributed by atoms with Crippen molar-refractivity contribution in [2.24, 2.45) is 5.73 Å². The summed E-state index contributed by atoms with van der Waals surface area (Å²) in [6.45, 7) is -0.709. The van der Waals surface area contributed by atoms with Gasteiger partial charge in [-0.1, -0.05) is 0 Å². The van der Waals surface area contributed by atoms with Gasteiger partial charge in [-0.2, -0.15) is 0 Å². The zero-order chi connectivity index (χ0) is 9.07. The lowest BCUT2D eigenvalue weighted by Crippen LogP contribution is -2.34. The van der Waals surface area contributed by atoms with Crippen LogP contribution in [0.5, 0.6) is 0 Å². The van der Waals surface area contributed by atoms with Crippen LogP contribution in [0.1, 0.15) is 0 Å². The molecule has 0 aliphatic rings. The van der Waals surface area contributed by atoms with Crippen LogP contribution in [0.3, 0.4) is 0 Å². The summed E-state index contributed by atoms with van der Waals surface area (Å²) in [7, 11) is -4.60. The highest BCUT2D eigenvalue weighted by molar-refractivity contribution is 7.46. The van der Waals surface area contributed by atoms with Gasteiger partial charge in [-0.25, -0.2) is 4.57 Å². The van der Waals surface area contributed by atoms with E-state index in [2.05, 4.69) is 4.52 Å². The van der Waals surface area contributed by atoms with Crippen LogP contribution < -0.4 is 11.9 Å². The normalized spacial score (nSPS) is 13.2. The number of carboxylic acids is 1.